The Morgan fingerprint density at radius 1 is 0.870 bits per heavy atom. The molecule has 2 unspecified atom stereocenters. The summed E-state index contributed by atoms with van der Waals surface area (Å²) in [5.74, 6) is 1.82. The average Bonchev–Trinajstić information content (AvgIpc) is 3.48. The third-order valence-corrected chi connectivity index (χ3v) is 3.98. The molecular weight excluding hydrogens is 292 g/mol. The molecule has 0 bridgehead atoms. The van der Waals surface area contributed by atoms with E-state index in [1.54, 1.807) is 0 Å². The van der Waals surface area contributed by atoms with Gasteiger partial charge in [-0.05, 0) is 41.8 Å². The van der Waals surface area contributed by atoms with Crippen molar-refractivity contribution in [1.82, 2.24) is 0 Å². The minimum atomic E-state index is 0.295. The number of epoxide rings is 2. The molecule has 2 fully saturated rings. The van der Waals surface area contributed by atoms with Crippen LogP contribution in [-0.2, 0) is 11.2 Å². The zero-order chi connectivity index (χ0) is 15.5. The van der Waals surface area contributed by atoms with Gasteiger partial charge in [0.2, 0.25) is 6.61 Å². The Morgan fingerprint density at radius 3 is 1.87 bits per heavy atom. The standard InChI is InChI=1S/C19H20O4/c1-5-16(20-10-18-12-22-18)6-2-14(1)9-15-3-7-17(8-4-15)21-11-19-13-23-19/h1-8,18-19H,9-13H2/p+1. The molecule has 2 aromatic rings. The van der Waals surface area contributed by atoms with Gasteiger partial charge in [0, 0.05) is 0 Å². The fourth-order valence-electron chi connectivity index (χ4n) is 2.37. The van der Waals surface area contributed by atoms with Crippen LogP contribution in [0, 0.1) is 0 Å². The van der Waals surface area contributed by atoms with Crippen LogP contribution in [0.25, 0.3) is 0 Å². The van der Waals surface area contributed by atoms with Gasteiger partial charge in [0.1, 0.15) is 24.2 Å². The van der Waals surface area contributed by atoms with Crippen molar-refractivity contribution in [3.8, 4) is 11.5 Å². The Morgan fingerprint density at radius 2 is 1.39 bits per heavy atom. The van der Waals surface area contributed by atoms with Gasteiger partial charge >= 0.3 is 0 Å². The van der Waals surface area contributed by atoms with Gasteiger partial charge in [-0.25, -0.2) is 0 Å². The number of benzene rings is 2. The van der Waals surface area contributed by atoms with Crippen molar-refractivity contribution >= 4 is 0 Å². The van der Waals surface area contributed by atoms with Gasteiger partial charge in [0.05, 0.1) is 6.61 Å². The lowest BCUT2D eigenvalue weighted by Crippen LogP contribution is -2.04. The second-order valence-electron chi connectivity index (χ2n) is 6.06. The second kappa shape index (κ2) is 6.60. The molecular formula is C19H21O4+. The summed E-state index contributed by atoms with van der Waals surface area (Å²) >= 11 is 0. The lowest BCUT2D eigenvalue weighted by atomic mass is 10.0. The summed E-state index contributed by atoms with van der Waals surface area (Å²) in [6, 6.07) is 16.6. The quantitative estimate of drug-likeness (QED) is 0.555. The highest BCUT2D eigenvalue weighted by Crippen LogP contribution is 2.19. The van der Waals surface area contributed by atoms with E-state index >= 15 is 0 Å². The van der Waals surface area contributed by atoms with Gasteiger partial charge in [0.15, 0.2) is 6.61 Å². The molecule has 4 heteroatoms. The molecule has 2 saturated heterocycles. The van der Waals surface area contributed by atoms with E-state index in [0.29, 0.717) is 25.4 Å². The molecule has 0 amide bonds. The second-order valence-corrected chi connectivity index (χ2v) is 6.06. The molecule has 0 radical (unpaired) electrons. The van der Waals surface area contributed by atoms with Crippen molar-refractivity contribution in [3.63, 3.8) is 0 Å². The number of hydrogen-bond acceptors (Lipinski definition) is 3. The van der Waals surface area contributed by atoms with Gasteiger partial charge in [-0.2, -0.15) is 0 Å². The predicted molar refractivity (Wildman–Crippen MR) is 87.3 cm³/mol. The summed E-state index contributed by atoms with van der Waals surface area (Å²) < 4.78 is 20.7. The van der Waals surface area contributed by atoms with Crippen LogP contribution < -0.4 is 9.47 Å². The topological polar surface area (TPSA) is 43.8 Å². The zero-order valence-electron chi connectivity index (χ0n) is 13.0. The zero-order valence-corrected chi connectivity index (χ0v) is 13.0. The van der Waals surface area contributed by atoms with Gasteiger partial charge in [-0.15, -0.1) is 0 Å². The van der Waals surface area contributed by atoms with Gasteiger partial charge < -0.3 is 18.9 Å². The summed E-state index contributed by atoms with van der Waals surface area (Å²) in [5.41, 5.74) is 2.54. The van der Waals surface area contributed by atoms with Crippen molar-refractivity contribution in [2.45, 2.75) is 18.6 Å². The van der Waals surface area contributed by atoms with Crippen molar-refractivity contribution in [2.75, 3.05) is 26.4 Å². The fraction of sp³-hybridized carbons (Fsp3) is 0.368. The molecule has 0 saturated carbocycles. The summed E-state index contributed by atoms with van der Waals surface area (Å²) in [6.07, 6.45) is 1.62. The maximum absolute atomic E-state index is 5.68. The fourth-order valence-corrected chi connectivity index (χ4v) is 2.37. The predicted octanol–water partition coefficient (Wildman–Crippen LogP) is 2.34. The third kappa shape index (κ3) is 4.47. The Kier molecular flexibility index (Phi) is 4.18. The van der Waals surface area contributed by atoms with Gasteiger partial charge in [-0.1, -0.05) is 24.3 Å². The van der Waals surface area contributed by atoms with E-state index in [0.717, 1.165) is 31.1 Å². The number of hydrogen-bond donors (Lipinski definition) is 0. The van der Waals surface area contributed by atoms with Crippen LogP contribution in [0.15, 0.2) is 48.5 Å². The SMILES string of the molecule is c1cc(OCC2CO2)ccc1Cc1ccc(OCC2C[OH+]2)cc1. The molecule has 2 aromatic carbocycles. The lowest BCUT2D eigenvalue weighted by Gasteiger charge is -2.07. The smallest absolute Gasteiger partial charge is 0.258 e. The average molecular weight is 313 g/mol. The number of ether oxygens (including phenoxy) is 4. The molecule has 2 heterocycles. The molecule has 0 aliphatic carbocycles. The highest BCUT2D eigenvalue weighted by atomic mass is 16.6. The molecule has 4 nitrogen and oxygen atoms in total. The Balaban J connectivity index is 1.29. The Hall–Kier alpha value is -2.04. The summed E-state index contributed by atoms with van der Waals surface area (Å²) in [7, 11) is 0. The summed E-state index contributed by atoms with van der Waals surface area (Å²) in [4.78, 5) is 0. The van der Waals surface area contributed by atoms with E-state index in [-0.39, 0.29) is 0 Å². The Bertz CT molecular complexity index is 570. The van der Waals surface area contributed by atoms with E-state index in [1.807, 2.05) is 24.3 Å². The van der Waals surface area contributed by atoms with E-state index in [4.69, 9.17) is 14.2 Å². The molecule has 4 rings (SSSR count). The Labute approximate surface area is 135 Å². The number of aliphatic hydroxyl groups is 2. The highest BCUT2D eigenvalue weighted by molar-refractivity contribution is 5.34. The largest absolute Gasteiger partial charge is 0.491 e. The first-order valence-electron chi connectivity index (χ1n) is 8.07. The molecule has 23 heavy (non-hydrogen) atoms. The third-order valence-electron chi connectivity index (χ3n) is 3.98. The van der Waals surface area contributed by atoms with Crippen molar-refractivity contribution in [3.05, 3.63) is 59.7 Å². The monoisotopic (exact) mass is 313 g/mol. The first kappa shape index (κ1) is 14.5. The normalized spacial score (nSPS) is 21.7. The van der Waals surface area contributed by atoms with Crippen molar-refractivity contribution in [1.29, 1.82) is 0 Å². The maximum atomic E-state index is 5.68. The summed E-state index contributed by atoms with van der Waals surface area (Å²) in [6.45, 7) is 3.13. The van der Waals surface area contributed by atoms with Crippen LogP contribution in [0.5, 0.6) is 11.5 Å². The van der Waals surface area contributed by atoms with Crippen LogP contribution in [0.4, 0.5) is 0 Å². The van der Waals surface area contributed by atoms with E-state index < -0.39 is 0 Å². The van der Waals surface area contributed by atoms with E-state index in [1.165, 1.54) is 11.1 Å². The summed E-state index contributed by atoms with van der Waals surface area (Å²) in [5, 5.41) is 0. The van der Waals surface area contributed by atoms with Gasteiger partial charge in [-0.3, -0.25) is 0 Å². The molecule has 2 aliphatic rings. The van der Waals surface area contributed by atoms with Gasteiger partial charge in [0.25, 0.3) is 6.10 Å². The van der Waals surface area contributed by atoms with Crippen molar-refractivity contribution in [2.24, 2.45) is 0 Å². The maximum Gasteiger partial charge on any atom is 0.258 e. The molecule has 0 spiro atoms. The van der Waals surface area contributed by atoms with Crippen LogP contribution in [-0.4, -0.2) is 43.4 Å². The van der Waals surface area contributed by atoms with Crippen LogP contribution in [0.3, 0.4) is 0 Å². The molecule has 1 N–H and O–H groups in total. The van der Waals surface area contributed by atoms with E-state index in [9.17, 15) is 0 Å². The molecule has 120 valence electrons. The first-order valence-corrected chi connectivity index (χ1v) is 8.07. The number of rotatable bonds is 8. The first-order chi connectivity index (χ1) is 11.3. The molecule has 2 atom stereocenters. The van der Waals surface area contributed by atoms with Crippen LogP contribution in [0.2, 0.25) is 0 Å². The minimum Gasteiger partial charge on any atom is -0.491 e. The highest BCUT2D eigenvalue weighted by Gasteiger charge is 2.31. The van der Waals surface area contributed by atoms with Crippen LogP contribution >= 0.6 is 0 Å². The lowest BCUT2D eigenvalue weighted by molar-refractivity contribution is 0.159. The van der Waals surface area contributed by atoms with Crippen molar-refractivity contribution < 1.29 is 18.9 Å². The van der Waals surface area contributed by atoms with E-state index in [2.05, 4.69) is 29.0 Å². The van der Waals surface area contributed by atoms with Crippen LogP contribution in [0.1, 0.15) is 11.1 Å². The molecule has 2 aliphatic heterocycles. The molecule has 0 aromatic heterocycles. The minimum absolute atomic E-state index is 0.295.